The Morgan fingerprint density at radius 3 is 2.38 bits per heavy atom. The van der Waals surface area contributed by atoms with Crippen LogP contribution in [0.15, 0.2) is 0 Å². The minimum absolute atomic E-state index is 0.0445. The third-order valence-electron chi connectivity index (χ3n) is 1.67. The van der Waals surface area contributed by atoms with E-state index >= 15 is 0 Å². The van der Waals surface area contributed by atoms with E-state index in [2.05, 4.69) is 0 Å². The summed E-state index contributed by atoms with van der Waals surface area (Å²) in [6, 6.07) is -0.612. The standard InChI is InChI=1S/C9H16NO3/c1-6(2)8(10)9(12)13-5-7(3)4-11/h6-8H,5,10H2,1-3H3/t7?,8-/m0/s1. The molecule has 2 atom stereocenters. The van der Waals surface area contributed by atoms with Crippen molar-refractivity contribution in [3.05, 3.63) is 0 Å². The van der Waals surface area contributed by atoms with Crippen LogP contribution in [0.25, 0.3) is 0 Å². The Bertz CT molecular complexity index is 180. The maximum atomic E-state index is 11.1. The van der Waals surface area contributed by atoms with Gasteiger partial charge in [0, 0.05) is 0 Å². The molecule has 0 aromatic carbocycles. The number of carbonyl (C=O) groups excluding carboxylic acids is 2. The second-order valence-corrected chi connectivity index (χ2v) is 3.42. The molecule has 0 saturated carbocycles. The van der Waals surface area contributed by atoms with Crippen molar-refractivity contribution in [1.29, 1.82) is 0 Å². The molecule has 0 aliphatic heterocycles. The molecule has 0 aliphatic carbocycles. The lowest BCUT2D eigenvalue weighted by Crippen LogP contribution is -2.37. The first-order chi connectivity index (χ1) is 5.99. The fourth-order valence-electron chi connectivity index (χ4n) is 0.610. The third kappa shape index (κ3) is 4.62. The van der Waals surface area contributed by atoms with E-state index in [1.165, 1.54) is 0 Å². The van der Waals surface area contributed by atoms with Gasteiger partial charge in [-0.3, -0.25) is 9.59 Å². The lowest BCUT2D eigenvalue weighted by atomic mass is 10.1. The lowest BCUT2D eigenvalue weighted by molar-refractivity contribution is -0.146. The highest BCUT2D eigenvalue weighted by molar-refractivity contribution is 5.75. The van der Waals surface area contributed by atoms with Gasteiger partial charge in [0.25, 0.3) is 0 Å². The number of rotatable bonds is 5. The molecule has 2 N–H and O–H groups in total. The molecule has 1 radical (unpaired) electrons. The number of nitrogens with two attached hydrogens (primary N) is 1. The molecular weight excluding hydrogens is 170 g/mol. The van der Waals surface area contributed by atoms with Crippen molar-refractivity contribution in [2.75, 3.05) is 6.61 Å². The van der Waals surface area contributed by atoms with Gasteiger partial charge in [-0.25, -0.2) is 0 Å². The van der Waals surface area contributed by atoms with Gasteiger partial charge in [-0.2, -0.15) is 0 Å². The Morgan fingerprint density at radius 2 is 2.00 bits per heavy atom. The molecule has 0 spiro atoms. The van der Waals surface area contributed by atoms with Crippen molar-refractivity contribution in [2.45, 2.75) is 26.8 Å². The molecule has 0 aromatic heterocycles. The minimum atomic E-state index is -0.612. The predicted molar refractivity (Wildman–Crippen MR) is 48.6 cm³/mol. The van der Waals surface area contributed by atoms with Gasteiger partial charge in [-0.05, 0) is 5.92 Å². The average Bonchev–Trinajstić information content (AvgIpc) is 2.11. The molecule has 0 fully saturated rings. The Kier molecular flexibility index (Phi) is 5.30. The lowest BCUT2D eigenvalue weighted by Gasteiger charge is -2.14. The van der Waals surface area contributed by atoms with E-state index < -0.39 is 12.0 Å². The molecule has 0 aliphatic rings. The highest BCUT2D eigenvalue weighted by Gasteiger charge is 2.19. The van der Waals surface area contributed by atoms with Crippen LogP contribution in [-0.2, 0) is 14.3 Å². The van der Waals surface area contributed by atoms with Crippen LogP contribution in [0.4, 0.5) is 0 Å². The first-order valence-electron chi connectivity index (χ1n) is 4.29. The van der Waals surface area contributed by atoms with E-state index in [1.807, 2.05) is 13.8 Å². The number of esters is 1. The van der Waals surface area contributed by atoms with E-state index in [0.29, 0.717) is 0 Å². The highest BCUT2D eigenvalue weighted by Crippen LogP contribution is 2.01. The zero-order chi connectivity index (χ0) is 10.4. The van der Waals surface area contributed by atoms with Crippen molar-refractivity contribution < 1.29 is 14.3 Å². The van der Waals surface area contributed by atoms with Crippen LogP contribution in [0.1, 0.15) is 20.8 Å². The number of hydrogen-bond acceptors (Lipinski definition) is 4. The summed E-state index contributed by atoms with van der Waals surface area (Å²) < 4.78 is 4.79. The van der Waals surface area contributed by atoms with Gasteiger partial charge in [-0.1, -0.05) is 20.8 Å². The van der Waals surface area contributed by atoms with E-state index in [0.717, 1.165) is 0 Å². The van der Waals surface area contributed by atoms with E-state index in [-0.39, 0.29) is 18.4 Å². The van der Waals surface area contributed by atoms with Crippen molar-refractivity contribution in [3.63, 3.8) is 0 Å². The van der Waals surface area contributed by atoms with Gasteiger partial charge in [0.2, 0.25) is 6.29 Å². The van der Waals surface area contributed by atoms with Gasteiger partial charge in [0.05, 0.1) is 5.92 Å². The van der Waals surface area contributed by atoms with Crippen molar-refractivity contribution >= 4 is 12.3 Å². The highest BCUT2D eigenvalue weighted by atomic mass is 16.5. The molecule has 1 unspecified atom stereocenters. The molecule has 0 rings (SSSR count). The average molecular weight is 186 g/mol. The van der Waals surface area contributed by atoms with Gasteiger partial charge in [-0.15, -0.1) is 0 Å². The van der Waals surface area contributed by atoms with E-state index in [1.54, 1.807) is 13.2 Å². The second kappa shape index (κ2) is 5.70. The van der Waals surface area contributed by atoms with Gasteiger partial charge >= 0.3 is 5.97 Å². The van der Waals surface area contributed by atoms with Crippen LogP contribution in [0.2, 0.25) is 0 Å². The molecular formula is C9H16NO3. The topological polar surface area (TPSA) is 69.4 Å². The SMILES string of the molecule is CC([C]=O)COC(=O)[C@@H](N)C(C)C. The molecule has 0 saturated heterocycles. The van der Waals surface area contributed by atoms with Crippen molar-refractivity contribution in [3.8, 4) is 0 Å². The largest absolute Gasteiger partial charge is 0.464 e. The summed E-state index contributed by atoms with van der Waals surface area (Å²) in [6.07, 6.45) is 1.72. The number of hydrogen-bond donors (Lipinski definition) is 1. The van der Waals surface area contributed by atoms with Crippen molar-refractivity contribution in [2.24, 2.45) is 17.6 Å². The molecule has 13 heavy (non-hydrogen) atoms. The summed E-state index contributed by atoms with van der Waals surface area (Å²) in [5.74, 6) is -0.802. The number of ether oxygens (including phenoxy) is 1. The summed E-state index contributed by atoms with van der Waals surface area (Å²) in [4.78, 5) is 21.2. The Hall–Kier alpha value is -0.900. The summed E-state index contributed by atoms with van der Waals surface area (Å²) in [5.41, 5.74) is 5.51. The van der Waals surface area contributed by atoms with Gasteiger partial charge in [0.1, 0.15) is 12.6 Å². The molecule has 75 valence electrons. The van der Waals surface area contributed by atoms with Crippen LogP contribution < -0.4 is 5.73 Å². The smallest absolute Gasteiger partial charge is 0.323 e. The van der Waals surface area contributed by atoms with Crippen LogP contribution in [0.5, 0.6) is 0 Å². The number of carbonyl (C=O) groups is 1. The van der Waals surface area contributed by atoms with Crippen LogP contribution in [0.3, 0.4) is 0 Å². The van der Waals surface area contributed by atoms with Gasteiger partial charge in [0.15, 0.2) is 0 Å². The fraction of sp³-hybridized carbons (Fsp3) is 0.778. The van der Waals surface area contributed by atoms with Crippen molar-refractivity contribution in [1.82, 2.24) is 0 Å². The maximum absolute atomic E-state index is 11.1. The Labute approximate surface area is 78.4 Å². The normalized spacial score (nSPS) is 15.2. The summed E-state index contributed by atoms with van der Waals surface area (Å²) in [7, 11) is 0. The molecule has 0 aromatic rings. The first kappa shape index (κ1) is 12.1. The molecule has 4 heteroatoms. The fourth-order valence-corrected chi connectivity index (χ4v) is 0.610. The Balaban J connectivity index is 3.80. The summed E-state index contributed by atoms with van der Waals surface area (Å²) in [5, 5.41) is 0. The minimum Gasteiger partial charge on any atom is -0.464 e. The third-order valence-corrected chi connectivity index (χ3v) is 1.67. The maximum Gasteiger partial charge on any atom is 0.323 e. The second-order valence-electron chi connectivity index (χ2n) is 3.42. The van der Waals surface area contributed by atoms with Crippen LogP contribution >= 0.6 is 0 Å². The Morgan fingerprint density at radius 1 is 1.46 bits per heavy atom. The molecule has 4 nitrogen and oxygen atoms in total. The summed E-state index contributed by atoms with van der Waals surface area (Å²) in [6.45, 7) is 5.35. The molecule has 0 amide bonds. The zero-order valence-corrected chi connectivity index (χ0v) is 8.24. The summed E-state index contributed by atoms with van der Waals surface area (Å²) >= 11 is 0. The zero-order valence-electron chi connectivity index (χ0n) is 8.24. The molecule has 0 heterocycles. The first-order valence-corrected chi connectivity index (χ1v) is 4.29. The van der Waals surface area contributed by atoms with Crippen LogP contribution in [0, 0.1) is 11.8 Å². The van der Waals surface area contributed by atoms with Crippen LogP contribution in [-0.4, -0.2) is 24.9 Å². The van der Waals surface area contributed by atoms with Gasteiger partial charge < -0.3 is 10.5 Å². The monoisotopic (exact) mass is 186 g/mol. The van der Waals surface area contributed by atoms with E-state index in [4.69, 9.17) is 10.5 Å². The van der Waals surface area contributed by atoms with E-state index in [9.17, 15) is 9.59 Å². The quantitative estimate of drug-likeness (QED) is 0.625. The predicted octanol–water partition coefficient (Wildman–Crippen LogP) is 0.259. The molecule has 0 bridgehead atoms.